The van der Waals surface area contributed by atoms with Crippen LogP contribution in [0, 0.1) is 11.6 Å². The Labute approximate surface area is 137 Å². The lowest BCUT2D eigenvalue weighted by Gasteiger charge is -2.24. The van der Waals surface area contributed by atoms with Gasteiger partial charge in [0.2, 0.25) is 0 Å². The Morgan fingerprint density at radius 2 is 1.71 bits per heavy atom. The molecule has 0 aliphatic carbocycles. The smallest absolute Gasteiger partial charge is 0.410 e. The molecule has 7 heteroatoms. The van der Waals surface area contributed by atoms with Crippen LogP contribution in [0.25, 0.3) is 0 Å². The van der Waals surface area contributed by atoms with Gasteiger partial charge in [-0.1, -0.05) is 30.3 Å². The molecule has 2 aromatic carbocycles. The van der Waals surface area contributed by atoms with Gasteiger partial charge in [0.1, 0.15) is 18.2 Å². The Balaban J connectivity index is 2.15. The maximum Gasteiger partial charge on any atom is 0.410 e. The van der Waals surface area contributed by atoms with E-state index in [1.54, 1.807) is 30.3 Å². The number of carbonyl (C=O) groups is 2. The number of ether oxygens (including phenoxy) is 1. The molecular formula is C17H15F2NO4. The number of carboxylic acid groups (broad SMARTS) is 1. The Morgan fingerprint density at radius 1 is 1.12 bits per heavy atom. The summed E-state index contributed by atoms with van der Waals surface area (Å²) in [6, 6.07) is 9.59. The lowest BCUT2D eigenvalue weighted by Crippen LogP contribution is -2.36. The first-order valence-electron chi connectivity index (χ1n) is 7.01. The van der Waals surface area contributed by atoms with Crippen molar-refractivity contribution in [3.05, 3.63) is 71.3 Å². The van der Waals surface area contributed by atoms with Crippen LogP contribution in [0.2, 0.25) is 0 Å². The van der Waals surface area contributed by atoms with Crippen LogP contribution in [0.4, 0.5) is 13.6 Å². The van der Waals surface area contributed by atoms with E-state index < -0.39 is 29.7 Å². The van der Waals surface area contributed by atoms with E-state index in [1.165, 1.54) is 7.05 Å². The molecule has 2 rings (SSSR count). The summed E-state index contributed by atoms with van der Waals surface area (Å²) >= 11 is 0. The van der Waals surface area contributed by atoms with E-state index in [0.29, 0.717) is 6.07 Å². The molecule has 1 amide bonds. The second kappa shape index (κ2) is 7.54. The van der Waals surface area contributed by atoms with Gasteiger partial charge in [-0.25, -0.2) is 18.4 Å². The van der Waals surface area contributed by atoms with Gasteiger partial charge in [-0.2, -0.15) is 0 Å². The third kappa shape index (κ3) is 4.28. The average Bonchev–Trinajstić information content (AvgIpc) is 2.52. The first-order valence-corrected chi connectivity index (χ1v) is 7.01. The monoisotopic (exact) mass is 335 g/mol. The summed E-state index contributed by atoms with van der Waals surface area (Å²) in [5, 5.41) is 9.32. The number of nitrogens with zero attached hydrogens (tertiary/aromatic N) is 1. The van der Waals surface area contributed by atoms with Gasteiger partial charge in [0.05, 0.1) is 0 Å². The minimum Gasteiger partial charge on any atom is -0.479 e. The average molecular weight is 335 g/mol. The molecule has 0 heterocycles. The van der Waals surface area contributed by atoms with Crippen molar-refractivity contribution in [3.8, 4) is 0 Å². The van der Waals surface area contributed by atoms with E-state index >= 15 is 0 Å². The van der Waals surface area contributed by atoms with Crippen molar-refractivity contribution in [2.75, 3.05) is 7.05 Å². The minimum absolute atomic E-state index is 0.0478. The number of aliphatic carboxylic acids is 1. The summed E-state index contributed by atoms with van der Waals surface area (Å²) in [5.41, 5.74) is 0.530. The number of amides is 1. The van der Waals surface area contributed by atoms with Gasteiger partial charge < -0.3 is 9.84 Å². The summed E-state index contributed by atoms with van der Waals surface area (Å²) in [6.07, 6.45) is -0.920. The van der Waals surface area contributed by atoms with Crippen molar-refractivity contribution in [1.82, 2.24) is 4.90 Å². The highest BCUT2D eigenvalue weighted by atomic mass is 19.1. The van der Waals surface area contributed by atoms with E-state index in [1.807, 2.05) is 0 Å². The zero-order valence-electron chi connectivity index (χ0n) is 12.8. The van der Waals surface area contributed by atoms with Crippen LogP contribution in [0.5, 0.6) is 0 Å². The van der Waals surface area contributed by atoms with E-state index in [9.17, 15) is 23.5 Å². The molecule has 0 aromatic heterocycles. The normalized spacial score (nSPS) is 11.6. The molecule has 1 atom stereocenters. The fourth-order valence-corrected chi connectivity index (χ4v) is 2.19. The number of halogens is 2. The maximum atomic E-state index is 13.3. The summed E-state index contributed by atoms with van der Waals surface area (Å²) in [7, 11) is 1.19. The molecule has 0 aliphatic heterocycles. The molecule has 0 bridgehead atoms. The van der Waals surface area contributed by atoms with Gasteiger partial charge in [-0.3, -0.25) is 4.90 Å². The van der Waals surface area contributed by atoms with Crippen molar-refractivity contribution >= 4 is 12.1 Å². The van der Waals surface area contributed by atoms with Gasteiger partial charge in [-0.05, 0) is 23.3 Å². The maximum absolute atomic E-state index is 13.3. The Morgan fingerprint density at radius 3 is 2.25 bits per heavy atom. The second-order valence-electron chi connectivity index (χ2n) is 5.09. The Bertz CT molecular complexity index is 716. The lowest BCUT2D eigenvalue weighted by molar-refractivity contribution is -0.142. The number of carboxylic acids is 1. The minimum atomic E-state index is -1.57. The predicted molar refractivity (Wildman–Crippen MR) is 81.1 cm³/mol. The van der Waals surface area contributed by atoms with Crippen molar-refractivity contribution in [2.24, 2.45) is 0 Å². The fraction of sp³-hybridized carbons (Fsp3) is 0.176. The van der Waals surface area contributed by atoms with E-state index in [2.05, 4.69) is 0 Å². The molecule has 1 unspecified atom stereocenters. The quantitative estimate of drug-likeness (QED) is 0.910. The summed E-state index contributed by atoms with van der Waals surface area (Å²) < 4.78 is 31.7. The van der Waals surface area contributed by atoms with Gasteiger partial charge in [0.15, 0.2) is 6.04 Å². The van der Waals surface area contributed by atoms with Gasteiger partial charge in [-0.15, -0.1) is 0 Å². The van der Waals surface area contributed by atoms with E-state index in [0.717, 1.165) is 22.6 Å². The van der Waals surface area contributed by atoms with E-state index in [4.69, 9.17) is 4.74 Å². The molecule has 24 heavy (non-hydrogen) atoms. The third-order valence-corrected chi connectivity index (χ3v) is 3.31. The molecule has 5 nitrogen and oxygen atoms in total. The third-order valence-electron chi connectivity index (χ3n) is 3.31. The number of hydrogen-bond donors (Lipinski definition) is 1. The molecule has 0 radical (unpaired) electrons. The topological polar surface area (TPSA) is 66.8 Å². The largest absolute Gasteiger partial charge is 0.479 e. The van der Waals surface area contributed by atoms with Crippen molar-refractivity contribution in [2.45, 2.75) is 12.6 Å². The highest BCUT2D eigenvalue weighted by Crippen LogP contribution is 2.23. The molecule has 126 valence electrons. The van der Waals surface area contributed by atoms with Crippen LogP contribution in [0.1, 0.15) is 17.2 Å². The van der Waals surface area contributed by atoms with Crippen LogP contribution < -0.4 is 0 Å². The zero-order chi connectivity index (χ0) is 17.7. The first-order chi connectivity index (χ1) is 11.4. The highest BCUT2D eigenvalue weighted by Gasteiger charge is 2.30. The number of benzene rings is 2. The molecule has 0 saturated heterocycles. The first kappa shape index (κ1) is 17.4. The number of rotatable bonds is 5. The van der Waals surface area contributed by atoms with Crippen LogP contribution in [-0.2, 0) is 16.1 Å². The molecule has 0 saturated carbocycles. The van der Waals surface area contributed by atoms with Gasteiger partial charge in [0.25, 0.3) is 0 Å². The SMILES string of the molecule is CN(C(=O)OCc1ccccc1)C(C(=O)O)c1cc(F)cc(F)c1. The van der Waals surface area contributed by atoms with Crippen LogP contribution in [0.15, 0.2) is 48.5 Å². The van der Waals surface area contributed by atoms with Crippen LogP contribution >= 0.6 is 0 Å². The molecule has 0 fully saturated rings. The fourth-order valence-electron chi connectivity index (χ4n) is 2.19. The number of carbonyl (C=O) groups excluding carboxylic acids is 1. The van der Waals surface area contributed by atoms with Crippen LogP contribution in [0.3, 0.4) is 0 Å². The van der Waals surface area contributed by atoms with Crippen LogP contribution in [-0.4, -0.2) is 29.1 Å². The number of likely N-dealkylation sites (N-methyl/N-ethyl adjacent to an activating group) is 1. The highest BCUT2D eigenvalue weighted by molar-refractivity contribution is 5.81. The van der Waals surface area contributed by atoms with Gasteiger partial charge in [0, 0.05) is 13.1 Å². The summed E-state index contributed by atoms with van der Waals surface area (Å²) in [4.78, 5) is 24.3. The molecule has 0 aliphatic rings. The Hall–Kier alpha value is -2.96. The molecule has 1 N–H and O–H groups in total. The molecule has 0 spiro atoms. The summed E-state index contributed by atoms with van der Waals surface area (Å²) in [6.45, 7) is -0.0478. The lowest BCUT2D eigenvalue weighted by atomic mass is 10.1. The summed E-state index contributed by atoms with van der Waals surface area (Å²) in [5.74, 6) is -3.29. The van der Waals surface area contributed by atoms with Crippen molar-refractivity contribution < 1.29 is 28.2 Å². The van der Waals surface area contributed by atoms with E-state index in [-0.39, 0.29) is 12.2 Å². The zero-order valence-corrected chi connectivity index (χ0v) is 12.8. The van der Waals surface area contributed by atoms with Gasteiger partial charge >= 0.3 is 12.1 Å². The molecule has 2 aromatic rings. The molecular weight excluding hydrogens is 320 g/mol. The second-order valence-corrected chi connectivity index (χ2v) is 5.09. The van der Waals surface area contributed by atoms with Crippen molar-refractivity contribution in [3.63, 3.8) is 0 Å². The predicted octanol–water partition coefficient (Wildman–Crippen LogP) is 3.36. The standard InChI is InChI=1S/C17H15F2NO4/c1-20(17(23)24-10-11-5-3-2-4-6-11)15(16(21)22)12-7-13(18)9-14(19)8-12/h2-9,15H,10H2,1H3,(H,21,22). The van der Waals surface area contributed by atoms with Crippen molar-refractivity contribution in [1.29, 1.82) is 0 Å². The number of hydrogen-bond acceptors (Lipinski definition) is 3. The Kier molecular flexibility index (Phi) is 5.47.